The zero-order valence-corrected chi connectivity index (χ0v) is 50.4. The van der Waals surface area contributed by atoms with Crippen LogP contribution in [0.1, 0.15) is 57.6 Å². The number of carboxylic acids is 5. The molecule has 7 atom stereocenters. The Morgan fingerprint density at radius 2 is 1.25 bits per heavy atom. The second kappa shape index (κ2) is 37.6. The number of amides is 7. The maximum absolute atomic E-state index is 13.8. The van der Waals surface area contributed by atoms with Crippen LogP contribution in [0, 0.1) is 6.92 Å². The molecule has 3 heterocycles. The van der Waals surface area contributed by atoms with E-state index >= 15 is 0 Å². The van der Waals surface area contributed by atoms with E-state index in [0.29, 0.717) is 11.4 Å². The van der Waals surface area contributed by atoms with Gasteiger partial charge in [0.25, 0.3) is 0 Å². The van der Waals surface area contributed by atoms with Crippen LogP contribution in [0.4, 0.5) is 4.79 Å². The molecule has 35 nitrogen and oxygen atoms in total. The molecule has 0 fully saturated rings. The van der Waals surface area contributed by atoms with E-state index in [2.05, 4.69) is 56.6 Å². The van der Waals surface area contributed by atoms with Gasteiger partial charge in [0.05, 0.1) is 49.1 Å². The Bertz CT molecular complexity index is 3240. The van der Waals surface area contributed by atoms with Gasteiger partial charge < -0.3 is 83.7 Å². The lowest BCUT2D eigenvalue weighted by molar-refractivity contribution is -0.145. The number of carboxylic acid groups (broad SMARTS) is 5. The van der Waals surface area contributed by atoms with Crippen LogP contribution in [-0.4, -0.2) is 203 Å². The topological polar surface area (TPSA) is 563 Å². The fourth-order valence-corrected chi connectivity index (χ4v) is 10.0. The number of aliphatic imine (C=N–C) groups is 1. The van der Waals surface area contributed by atoms with Crippen molar-refractivity contribution in [2.45, 2.75) is 101 Å². The predicted molar refractivity (Wildman–Crippen MR) is 322 cm³/mol. The zero-order valence-electron chi connectivity index (χ0n) is 48.8. The number of benzene rings is 1. The molecule has 0 saturated heterocycles. The van der Waals surface area contributed by atoms with E-state index in [4.69, 9.17) is 26.8 Å². The Balaban J connectivity index is 1.28. The van der Waals surface area contributed by atoms with E-state index in [1.54, 1.807) is 31.5 Å². The van der Waals surface area contributed by atoms with Crippen molar-refractivity contribution in [1.82, 2.24) is 57.4 Å². The van der Waals surface area contributed by atoms with Crippen LogP contribution >= 0.6 is 21.6 Å². The van der Waals surface area contributed by atoms with Crippen molar-refractivity contribution in [3.63, 3.8) is 0 Å². The van der Waals surface area contributed by atoms with E-state index < -0.39 is 159 Å². The van der Waals surface area contributed by atoms with Crippen molar-refractivity contribution in [3.05, 3.63) is 72.7 Å². The SMILES string of the molecule is Cc1cccc(-c2cn[nH]c2-c2ccnc(-c3ccc(OC(C)CNC(=O)OCCSSC[C@H](NC(=O)[C@H](CC(=O)O)NC(=O)[C@H](CC(=O)O)NC(=O)[C@H](CCCN=C(N)N)NC(=O)[C@H](CC(=O)O)NC(=O)CC[C@H](NC(=O)CON)C(=O)O)C(=O)O)cc3)c2)n1. The average molecular weight is 1310 g/mol. The van der Waals surface area contributed by atoms with Crippen LogP contribution in [0.3, 0.4) is 0 Å². The first-order chi connectivity index (χ1) is 43.2. The molecule has 0 aliphatic rings. The number of nitrogens with two attached hydrogens (primary N) is 3. The number of guanidine groups is 1. The molecule has 7 amide bonds. The highest BCUT2D eigenvalue weighted by Gasteiger charge is 2.35. The summed E-state index contributed by atoms with van der Waals surface area (Å²) in [5, 5.41) is 70.6. The van der Waals surface area contributed by atoms with Crippen molar-refractivity contribution in [1.29, 1.82) is 0 Å². The molecule has 0 bridgehead atoms. The Hall–Kier alpha value is -10.1. The fraction of sp³-hybridized carbons (Fsp3) is 0.407. The monoisotopic (exact) mass is 1310 g/mol. The number of aromatic amines is 1. The van der Waals surface area contributed by atoms with E-state index in [9.17, 15) is 83.1 Å². The maximum atomic E-state index is 13.8. The molecule has 91 heavy (non-hydrogen) atoms. The first kappa shape index (κ1) is 73.3. The van der Waals surface area contributed by atoms with Crippen LogP contribution < -0.4 is 59.3 Å². The van der Waals surface area contributed by atoms with E-state index in [1.165, 1.54) is 0 Å². The maximum Gasteiger partial charge on any atom is 0.407 e. The van der Waals surface area contributed by atoms with Gasteiger partial charge in [-0.25, -0.2) is 20.3 Å². The molecule has 37 heteroatoms. The standard InChI is InChI=1S/C54H69N15O20S2/c1-27-5-3-6-33(62-27)32-24-61-69-46(32)30-14-16-58-36(19-30)29-8-10-31(11-9-29)89-28(2)23-60-54(86)87-17-18-90-91-26-40(52(84)85)68-50(81)39(22-45(76)77)67-49(80)38(21-44(74)75)66-47(78)34(7-4-15-59-53(55)56)65-48(79)37(20-43(72)73)64-41(70)13-12-35(51(82)83)63-42(71)25-88-57/h3,5-6,8-11,14,16,19,24,28,34-35,37-40H,4,7,12-13,15,17-18,20-23,25-26,57H2,1-2H3,(H,60,86)(H,61,69)(H,63,71)(H,64,70)(H,65,79)(H,66,78)(H,67,80)(H,68,81)(H,72,73)(H,74,75)(H,76,77)(H,82,83)(H,84,85)(H4,55,56,59)/t28?,34-,35-,37-,38-,39-,40-/m0/s1. The number of aliphatic carboxylic acids is 5. The van der Waals surface area contributed by atoms with Crippen molar-refractivity contribution < 1.29 is 97.4 Å². The summed E-state index contributed by atoms with van der Waals surface area (Å²) in [5.41, 5.74) is 16.4. The molecule has 1 unspecified atom stereocenters. The van der Waals surface area contributed by atoms with Gasteiger partial charge in [-0.1, -0.05) is 27.7 Å². The quantitative estimate of drug-likeness (QED) is 0.00801. The molecule has 4 aromatic rings. The molecule has 0 aliphatic heterocycles. The summed E-state index contributed by atoms with van der Waals surface area (Å²) in [5.74, 6) is -11.1. The van der Waals surface area contributed by atoms with E-state index in [-0.39, 0.29) is 43.6 Å². The minimum Gasteiger partial charge on any atom is -0.489 e. The number of carbonyl (C=O) groups excluding carboxylic acids is 7. The zero-order chi connectivity index (χ0) is 67.2. The molecule has 1 aromatic carbocycles. The van der Waals surface area contributed by atoms with Crippen molar-refractivity contribution in [3.8, 4) is 39.5 Å². The smallest absolute Gasteiger partial charge is 0.407 e. The first-order valence-corrected chi connectivity index (χ1v) is 29.9. The van der Waals surface area contributed by atoms with E-state index in [1.807, 2.05) is 60.0 Å². The molecular weight excluding hydrogens is 1240 g/mol. The fourth-order valence-electron chi connectivity index (χ4n) is 8.04. The Labute approximate surface area is 525 Å². The third-order valence-corrected chi connectivity index (χ3v) is 14.7. The van der Waals surface area contributed by atoms with Crippen LogP contribution in [0.15, 0.2) is 72.0 Å². The highest BCUT2D eigenvalue weighted by Crippen LogP contribution is 2.32. The number of pyridine rings is 2. The average Bonchev–Trinajstić information content (AvgIpc) is 1.81. The van der Waals surface area contributed by atoms with Crippen molar-refractivity contribution in [2.24, 2.45) is 22.4 Å². The molecule has 0 aliphatic carbocycles. The van der Waals surface area contributed by atoms with Crippen LogP contribution in [0.5, 0.6) is 5.75 Å². The lowest BCUT2D eigenvalue weighted by atomic mass is 10.0. The van der Waals surface area contributed by atoms with E-state index in [0.717, 1.165) is 55.4 Å². The van der Waals surface area contributed by atoms with Gasteiger partial charge in [-0.15, -0.1) is 0 Å². The molecule has 3 aromatic heterocycles. The number of hydrogen-bond donors (Lipinski definition) is 16. The van der Waals surface area contributed by atoms with Gasteiger partial charge in [0.1, 0.15) is 61.3 Å². The summed E-state index contributed by atoms with van der Waals surface area (Å²) < 4.78 is 11.2. The van der Waals surface area contributed by atoms with Gasteiger partial charge in [-0.05, 0) is 81.6 Å². The van der Waals surface area contributed by atoms with Gasteiger partial charge in [-0.3, -0.25) is 68.0 Å². The third kappa shape index (κ3) is 26.6. The van der Waals surface area contributed by atoms with Crippen LogP contribution in [0.2, 0.25) is 0 Å². The second-order valence-corrected chi connectivity index (χ2v) is 22.2. The highest BCUT2D eigenvalue weighted by molar-refractivity contribution is 8.76. The number of H-pyrrole nitrogens is 1. The van der Waals surface area contributed by atoms with Crippen LogP contribution in [0.25, 0.3) is 33.8 Å². The molecule has 19 N–H and O–H groups in total. The molecular formula is C54H69N15O20S2. The Kier molecular flexibility index (Phi) is 30.3. The number of rotatable bonds is 40. The highest BCUT2D eigenvalue weighted by atomic mass is 33.1. The number of nitrogens with one attached hydrogen (secondary N) is 8. The Morgan fingerprint density at radius 3 is 1.84 bits per heavy atom. The second-order valence-electron chi connectivity index (χ2n) is 19.6. The summed E-state index contributed by atoms with van der Waals surface area (Å²) in [7, 11) is 1.96. The summed E-state index contributed by atoms with van der Waals surface area (Å²) in [4.78, 5) is 168. The van der Waals surface area contributed by atoms with Gasteiger partial charge in [0.15, 0.2) is 5.96 Å². The predicted octanol–water partition coefficient (Wildman–Crippen LogP) is -1.39. The van der Waals surface area contributed by atoms with Crippen LogP contribution in [-0.2, 0) is 62.3 Å². The Morgan fingerprint density at radius 1 is 0.670 bits per heavy atom. The first-order valence-electron chi connectivity index (χ1n) is 27.4. The van der Waals surface area contributed by atoms with Crippen molar-refractivity contribution >= 4 is 98.9 Å². The lowest BCUT2D eigenvalue weighted by Crippen LogP contribution is -2.59. The van der Waals surface area contributed by atoms with Gasteiger partial charge in [-0.2, -0.15) is 5.10 Å². The van der Waals surface area contributed by atoms with Gasteiger partial charge >= 0.3 is 35.9 Å². The number of aryl methyl sites for hydroxylation is 1. The lowest BCUT2D eigenvalue weighted by Gasteiger charge is -2.26. The summed E-state index contributed by atoms with van der Waals surface area (Å²) in [6.07, 6.45) is -3.21. The number of aromatic nitrogens is 4. The molecule has 492 valence electrons. The normalized spacial score (nSPS) is 13.1. The minimum absolute atomic E-state index is 0.0557. The molecule has 0 radical (unpaired) electrons. The largest absolute Gasteiger partial charge is 0.489 e. The summed E-state index contributed by atoms with van der Waals surface area (Å²) >= 11 is 0. The number of ether oxygens (including phenoxy) is 2. The van der Waals surface area contributed by atoms with Gasteiger partial charge in [0, 0.05) is 53.1 Å². The molecule has 0 saturated carbocycles. The van der Waals surface area contributed by atoms with Crippen molar-refractivity contribution in [2.75, 3.05) is 37.8 Å². The number of nitrogens with zero attached hydrogens (tertiary/aromatic N) is 4. The third-order valence-electron chi connectivity index (χ3n) is 12.3. The van der Waals surface area contributed by atoms with Gasteiger partial charge in [0.2, 0.25) is 35.4 Å². The molecule has 0 spiro atoms. The number of alkyl carbamates (subject to hydrolysis) is 1. The minimum atomic E-state index is -2.15. The summed E-state index contributed by atoms with van der Waals surface area (Å²) in [6.45, 7) is 2.64. The molecule has 4 rings (SSSR count). The number of hydrogen-bond acceptors (Lipinski definition) is 22. The summed E-state index contributed by atoms with van der Waals surface area (Å²) in [6, 6.07) is 5.39. The number of carbonyl (C=O) groups is 12.